The van der Waals surface area contributed by atoms with Crippen molar-refractivity contribution in [3.63, 3.8) is 0 Å². The zero-order valence-electron chi connectivity index (χ0n) is 5.63. The van der Waals surface area contributed by atoms with E-state index in [9.17, 15) is 0 Å². The normalized spacial score (nSPS) is 12.0. The molecule has 0 saturated heterocycles. The Morgan fingerprint density at radius 3 is 1.67 bits per heavy atom. The van der Waals surface area contributed by atoms with Gasteiger partial charge >= 0.3 is 0 Å². The van der Waals surface area contributed by atoms with Crippen molar-refractivity contribution in [2.75, 3.05) is 27.4 Å². The molecule has 0 aromatic heterocycles. The van der Waals surface area contributed by atoms with E-state index in [0.717, 1.165) is 0 Å². The van der Waals surface area contributed by atoms with Gasteiger partial charge < -0.3 is 19.7 Å². The molecule has 4 heteroatoms. The Labute approximate surface area is 54.0 Å². The van der Waals surface area contributed by atoms with Gasteiger partial charge in [0.2, 0.25) is 5.79 Å². The molecule has 0 aliphatic heterocycles. The van der Waals surface area contributed by atoms with E-state index in [4.69, 9.17) is 10.2 Å². The third-order valence-electron chi connectivity index (χ3n) is 0.751. The van der Waals surface area contributed by atoms with Gasteiger partial charge in [-0.05, 0) is 0 Å². The van der Waals surface area contributed by atoms with Crippen molar-refractivity contribution >= 4 is 0 Å². The molecule has 0 fully saturated rings. The zero-order valence-corrected chi connectivity index (χ0v) is 5.63. The number of hydrogen-bond donors (Lipinski definition) is 2. The molecule has 0 spiro atoms. The van der Waals surface area contributed by atoms with E-state index in [1.54, 1.807) is 0 Å². The maximum Gasteiger partial charge on any atom is 0.211 e. The average Bonchev–Trinajstić information content (AvgIpc) is 1.64. The van der Waals surface area contributed by atoms with Gasteiger partial charge in [0.1, 0.15) is 13.2 Å². The molecular formula is C5H12O4. The van der Waals surface area contributed by atoms with E-state index in [0.29, 0.717) is 0 Å². The van der Waals surface area contributed by atoms with Gasteiger partial charge in [-0.15, -0.1) is 0 Å². The lowest BCUT2D eigenvalue weighted by atomic mass is 10.3. The first-order valence-electron chi connectivity index (χ1n) is 2.55. The molecule has 0 aromatic carbocycles. The fraction of sp³-hybridized carbons (Fsp3) is 1.00. The van der Waals surface area contributed by atoms with Crippen molar-refractivity contribution in [1.29, 1.82) is 0 Å². The van der Waals surface area contributed by atoms with Crippen LogP contribution in [-0.2, 0) is 9.47 Å². The molecule has 4 nitrogen and oxygen atoms in total. The highest BCUT2D eigenvalue weighted by Crippen LogP contribution is 1.98. The molecule has 0 rings (SSSR count). The van der Waals surface area contributed by atoms with Gasteiger partial charge in [-0.1, -0.05) is 0 Å². The summed E-state index contributed by atoms with van der Waals surface area (Å²) < 4.78 is 8.96. The summed E-state index contributed by atoms with van der Waals surface area (Å²) in [5.41, 5.74) is 0. The van der Waals surface area contributed by atoms with Crippen molar-refractivity contribution in [3.05, 3.63) is 0 Å². The van der Waals surface area contributed by atoms with Crippen LogP contribution in [0.5, 0.6) is 0 Å². The van der Waals surface area contributed by atoms with Gasteiger partial charge in [0, 0.05) is 14.2 Å². The van der Waals surface area contributed by atoms with E-state index < -0.39 is 5.79 Å². The maximum atomic E-state index is 8.82. The van der Waals surface area contributed by atoms with Gasteiger partial charge in [-0.25, -0.2) is 0 Å². The molecule has 0 bridgehead atoms. The second-order valence-corrected chi connectivity index (χ2v) is 1.85. The second kappa shape index (κ2) is 3.79. The quantitative estimate of drug-likeness (QED) is 0.485. The number of aliphatic hydroxyl groups is 2. The first-order chi connectivity index (χ1) is 4.12. The van der Waals surface area contributed by atoms with Crippen LogP contribution in [0.2, 0.25) is 0 Å². The van der Waals surface area contributed by atoms with Crippen LogP contribution in [-0.4, -0.2) is 43.4 Å². The molecule has 0 aromatic rings. The van der Waals surface area contributed by atoms with E-state index in [1.165, 1.54) is 14.2 Å². The summed E-state index contributed by atoms with van der Waals surface area (Å²) in [6.45, 7) is -0.276. The lowest BCUT2D eigenvalue weighted by molar-refractivity contribution is -0.218. The molecule has 0 aliphatic carbocycles. The Hall–Kier alpha value is -0.160. The smallest absolute Gasteiger partial charge is 0.211 e. The van der Waals surface area contributed by atoms with Crippen molar-refractivity contribution in [1.82, 2.24) is 0 Å². The van der Waals surface area contributed by atoms with Crippen LogP contribution in [0.1, 0.15) is 0 Å². The van der Waals surface area contributed by atoms with E-state index in [2.05, 4.69) is 9.47 Å². The van der Waals surface area contributed by atoms with Crippen LogP contribution in [0.3, 0.4) is 0 Å². The lowest BCUT2D eigenvalue weighted by Crippen LogP contribution is -2.38. The minimum atomic E-state index is -1.84. The van der Waals surface area contributed by atoms with Crippen LogP contribution in [0, 0.1) is 0 Å². The summed E-state index contributed by atoms with van der Waals surface area (Å²) in [7, 11) is 2.77. The Kier molecular flexibility index (Phi) is 3.72. The standard InChI is InChI=1S/C5H12O4/c1-8-3-5(6,7)4-9-2/h6-7H,3-4H2,1-2H3. The minimum Gasteiger partial charge on any atom is -0.379 e. The van der Waals surface area contributed by atoms with E-state index in [1.807, 2.05) is 0 Å². The molecule has 56 valence electrons. The molecule has 0 aliphatic rings. The molecule has 0 heterocycles. The monoisotopic (exact) mass is 136 g/mol. The summed E-state index contributed by atoms with van der Waals surface area (Å²) >= 11 is 0. The summed E-state index contributed by atoms with van der Waals surface area (Å²) in [6, 6.07) is 0. The first kappa shape index (κ1) is 8.84. The summed E-state index contributed by atoms with van der Waals surface area (Å²) in [5, 5.41) is 17.6. The number of methoxy groups -OCH3 is 2. The van der Waals surface area contributed by atoms with Crippen molar-refractivity contribution < 1.29 is 19.7 Å². The number of rotatable bonds is 4. The second-order valence-electron chi connectivity index (χ2n) is 1.85. The van der Waals surface area contributed by atoms with Crippen LogP contribution >= 0.6 is 0 Å². The molecule has 0 saturated carbocycles. The Morgan fingerprint density at radius 1 is 1.11 bits per heavy atom. The highest BCUT2D eigenvalue weighted by atomic mass is 16.6. The predicted octanol–water partition coefficient (Wildman–Crippen LogP) is -1.04. The highest BCUT2D eigenvalue weighted by Gasteiger charge is 2.21. The Morgan fingerprint density at radius 2 is 1.44 bits per heavy atom. The Bertz CT molecular complexity index is 63.4. The summed E-state index contributed by atoms with van der Waals surface area (Å²) in [4.78, 5) is 0. The SMILES string of the molecule is COCC(O)(O)COC. The lowest BCUT2D eigenvalue weighted by Gasteiger charge is -2.18. The van der Waals surface area contributed by atoms with Gasteiger partial charge in [0.05, 0.1) is 0 Å². The van der Waals surface area contributed by atoms with Gasteiger partial charge in [-0.2, -0.15) is 0 Å². The van der Waals surface area contributed by atoms with E-state index >= 15 is 0 Å². The third kappa shape index (κ3) is 4.35. The van der Waals surface area contributed by atoms with Gasteiger partial charge in [-0.3, -0.25) is 0 Å². The number of hydrogen-bond acceptors (Lipinski definition) is 4. The highest BCUT2D eigenvalue weighted by molar-refractivity contribution is 4.60. The zero-order chi connectivity index (χ0) is 7.33. The summed E-state index contributed by atoms with van der Waals surface area (Å²) in [6.07, 6.45) is 0. The first-order valence-corrected chi connectivity index (χ1v) is 2.55. The van der Waals surface area contributed by atoms with Gasteiger partial charge in [0.15, 0.2) is 0 Å². The van der Waals surface area contributed by atoms with Crippen LogP contribution in [0.25, 0.3) is 0 Å². The number of ether oxygens (including phenoxy) is 2. The van der Waals surface area contributed by atoms with Crippen molar-refractivity contribution in [2.24, 2.45) is 0 Å². The van der Waals surface area contributed by atoms with Crippen molar-refractivity contribution in [2.45, 2.75) is 5.79 Å². The summed E-state index contributed by atoms with van der Waals surface area (Å²) in [5.74, 6) is -1.84. The molecule has 9 heavy (non-hydrogen) atoms. The molecule has 2 N–H and O–H groups in total. The topological polar surface area (TPSA) is 58.9 Å². The minimum absolute atomic E-state index is 0.138. The third-order valence-corrected chi connectivity index (χ3v) is 0.751. The molecular weight excluding hydrogens is 124 g/mol. The Balaban J connectivity index is 3.43. The van der Waals surface area contributed by atoms with Crippen LogP contribution in [0.4, 0.5) is 0 Å². The average molecular weight is 136 g/mol. The van der Waals surface area contributed by atoms with Crippen molar-refractivity contribution in [3.8, 4) is 0 Å². The molecule has 0 amide bonds. The van der Waals surface area contributed by atoms with Gasteiger partial charge in [0.25, 0.3) is 0 Å². The fourth-order valence-electron chi connectivity index (χ4n) is 0.504. The molecule has 0 unspecified atom stereocenters. The molecule has 0 radical (unpaired) electrons. The van der Waals surface area contributed by atoms with Crippen LogP contribution in [0.15, 0.2) is 0 Å². The molecule has 0 atom stereocenters. The predicted molar refractivity (Wildman–Crippen MR) is 30.9 cm³/mol. The maximum absolute atomic E-state index is 8.82. The largest absolute Gasteiger partial charge is 0.379 e. The van der Waals surface area contributed by atoms with E-state index in [-0.39, 0.29) is 13.2 Å². The fourth-order valence-corrected chi connectivity index (χ4v) is 0.504. The van der Waals surface area contributed by atoms with Crippen LogP contribution < -0.4 is 0 Å².